The standard InChI is InChI=1S/C19H16N4O3S/c1-2-27(24,25)18-9-7-14(12-21-18)26-13-6-8-15-17(11-13)23-19(22-15)16-5-3-4-10-20-16/h3-12H,2H2,1H3,(H,22,23). The number of H-pyrrole nitrogens is 1. The van der Waals surface area contributed by atoms with Crippen LogP contribution in [0.5, 0.6) is 11.5 Å². The number of imidazole rings is 1. The van der Waals surface area contributed by atoms with Crippen molar-refractivity contribution >= 4 is 20.9 Å². The number of aromatic amines is 1. The first kappa shape index (κ1) is 17.2. The van der Waals surface area contributed by atoms with Crippen LogP contribution < -0.4 is 4.74 Å². The summed E-state index contributed by atoms with van der Waals surface area (Å²) in [5, 5.41) is 0.0429. The smallest absolute Gasteiger partial charge is 0.195 e. The van der Waals surface area contributed by atoms with Gasteiger partial charge in [-0.15, -0.1) is 0 Å². The maximum atomic E-state index is 11.8. The lowest BCUT2D eigenvalue weighted by Crippen LogP contribution is -2.05. The molecule has 8 heteroatoms. The summed E-state index contributed by atoms with van der Waals surface area (Å²) in [6, 6.07) is 14.1. The molecule has 0 aliphatic rings. The summed E-state index contributed by atoms with van der Waals surface area (Å²) in [5.41, 5.74) is 2.37. The van der Waals surface area contributed by atoms with E-state index in [2.05, 4.69) is 19.9 Å². The van der Waals surface area contributed by atoms with Crippen LogP contribution >= 0.6 is 0 Å². The summed E-state index contributed by atoms with van der Waals surface area (Å²) in [4.78, 5) is 16.0. The molecule has 4 aromatic rings. The molecule has 0 bridgehead atoms. The Balaban J connectivity index is 1.59. The van der Waals surface area contributed by atoms with Crippen LogP contribution in [0.1, 0.15) is 6.92 Å². The van der Waals surface area contributed by atoms with Crippen LogP contribution in [0.2, 0.25) is 0 Å². The predicted molar refractivity (Wildman–Crippen MR) is 101 cm³/mol. The molecule has 1 N–H and O–H groups in total. The van der Waals surface area contributed by atoms with Crippen molar-refractivity contribution in [2.24, 2.45) is 0 Å². The number of nitrogens with zero attached hydrogens (tertiary/aromatic N) is 3. The van der Waals surface area contributed by atoms with Gasteiger partial charge in [-0.05, 0) is 36.4 Å². The zero-order chi connectivity index (χ0) is 18.9. The molecule has 0 atom stereocenters. The number of hydrogen-bond donors (Lipinski definition) is 1. The van der Waals surface area contributed by atoms with Gasteiger partial charge in [-0.3, -0.25) is 4.98 Å². The molecule has 3 heterocycles. The van der Waals surface area contributed by atoms with Crippen molar-refractivity contribution in [1.82, 2.24) is 19.9 Å². The largest absolute Gasteiger partial charge is 0.456 e. The molecule has 0 saturated heterocycles. The number of ether oxygens (including phenoxy) is 1. The fourth-order valence-corrected chi connectivity index (χ4v) is 3.36. The van der Waals surface area contributed by atoms with Crippen LogP contribution in [0.4, 0.5) is 0 Å². The molecule has 0 spiro atoms. The molecule has 0 saturated carbocycles. The van der Waals surface area contributed by atoms with Gasteiger partial charge < -0.3 is 9.72 Å². The minimum atomic E-state index is -3.33. The second-order valence-corrected chi connectivity index (χ2v) is 8.04. The number of pyridine rings is 2. The summed E-state index contributed by atoms with van der Waals surface area (Å²) in [5.74, 6) is 1.73. The fraction of sp³-hybridized carbons (Fsp3) is 0.105. The molecule has 0 fully saturated rings. The van der Waals surface area contributed by atoms with Crippen LogP contribution in [-0.4, -0.2) is 34.1 Å². The number of fused-ring (bicyclic) bond motifs is 1. The third-order valence-corrected chi connectivity index (χ3v) is 5.64. The number of sulfone groups is 1. The van der Waals surface area contributed by atoms with Crippen LogP contribution in [0.15, 0.2) is 66.0 Å². The minimum absolute atomic E-state index is 0.00923. The molecule has 27 heavy (non-hydrogen) atoms. The number of hydrogen-bond acceptors (Lipinski definition) is 6. The zero-order valence-electron chi connectivity index (χ0n) is 14.5. The van der Waals surface area contributed by atoms with E-state index in [1.165, 1.54) is 12.3 Å². The Labute approximate surface area is 156 Å². The molecule has 7 nitrogen and oxygen atoms in total. The van der Waals surface area contributed by atoms with Gasteiger partial charge in [0.2, 0.25) is 0 Å². The maximum Gasteiger partial charge on any atom is 0.195 e. The Morgan fingerprint density at radius 2 is 1.89 bits per heavy atom. The lowest BCUT2D eigenvalue weighted by Gasteiger charge is -2.06. The Hall–Kier alpha value is -3.26. The second-order valence-electron chi connectivity index (χ2n) is 5.82. The molecule has 4 rings (SSSR count). The van der Waals surface area contributed by atoms with Gasteiger partial charge in [-0.25, -0.2) is 18.4 Å². The second kappa shape index (κ2) is 6.81. The third kappa shape index (κ3) is 3.52. The van der Waals surface area contributed by atoms with Crippen molar-refractivity contribution in [3.8, 4) is 23.0 Å². The van der Waals surface area contributed by atoms with E-state index in [0.29, 0.717) is 17.3 Å². The Morgan fingerprint density at radius 3 is 2.59 bits per heavy atom. The monoisotopic (exact) mass is 380 g/mol. The van der Waals surface area contributed by atoms with Gasteiger partial charge in [0.15, 0.2) is 20.7 Å². The van der Waals surface area contributed by atoms with E-state index in [1.807, 2.05) is 30.3 Å². The van der Waals surface area contributed by atoms with Crippen molar-refractivity contribution in [1.29, 1.82) is 0 Å². The molecule has 0 aliphatic carbocycles. The van der Waals surface area contributed by atoms with E-state index in [9.17, 15) is 8.42 Å². The third-order valence-electron chi connectivity index (χ3n) is 4.00. The summed E-state index contributed by atoms with van der Waals surface area (Å²) < 4.78 is 29.4. The van der Waals surface area contributed by atoms with Gasteiger partial charge in [-0.1, -0.05) is 13.0 Å². The number of benzene rings is 1. The average Bonchev–Trinajstić information content (AvgIpc) is 3.12. The molecular formula is C19H16N4O3S. The van der Waals surface area contributed by atoms with Crippen molar-refractivity contribution < 1.29 is 13.2 Å². The number of aromatic nitrogens is 4. The summed E-state index contributed by atoms with van der Waals surface area (Å²) in [7, 11) is -3.33. The Morgan fingerprint density at radius 1 is 1.04 bits per heavy atom. The lowest BCUT2D eigenvalue weighted by atomic mass is 10.3. The van der Waals surface area contributed by atoms with E-state index in [4.69, 9.17) is 4.74 Å². The minimum Gasteiger partial charge on any atom is -0.456 e. The van der Waals surface area contributed by atoms with Crippen LogP contribution in [0.25, 0.3) is 22.6 Å². The molecule has 1 aromatic carbocycles. The van der Waals surface area contributed by atoms with Gasteiger partial charge >= 0.3 is 0 Å². The first-order valence-electron chi connectivity index (χ1n) is 8.33. The highest BCUT2D eigenvalue weighted by molar-refractivity contribution is 7.91. The first-order valence-corrected chi connectivity index (χ1v) is 9.98. The van der Waals surface area contributed by atoms with E-state index < -0.39 is 9.84 Å². The number of rotatable bonds is 5. The van der Waals surface area contributed by atoms with Crippen LogP contribution in [0, 0.1) is 0 Å². The van der Waals surface area contributed by atoms with Gasteiger partial charge in [0.05, 0.1) is 23.0 Å². The zero-order valence-corrected chi connectivity index (χ0v) is 15.3. The maximum absolute atomic E-state index is 11.8. The van der Waals surface area contributed by atoms with Crippen LogP contribution in [0.3, 0.4) is 0 Å². The normalized spacial score (nSPS) is 11.6. The Bertz CT molecular complexity index is 1190. The van der Waals surface area contributed by atoms with Crippen molar-refractivity contribution in [2.45, 2.75) is 11.9 Å². The molecule has 0 unspecified atom stereocenters. The van der Waals surface area contributed by atoms with Gasteiger partial charge in [0.1, 0.15) is 17.2 Å². The first-order chi connectivity index (χ1) is 13.0. The molecule has 136 valence electrons. The summed E-state index contributed by atoms with van der Waals surface area (Å²) >= 11 is 0. The molecule has 0 amide bonds. The van der Waals surface area contributed by atoms with Crippen molar-refractivity contribution in [3.05, 3.63) is 60.9 Å². The van der Waals surface area contributed by atoms with Crippen molar-refractivity contribution in [2.75, 3.05) is 5.75 Å². The highest BCUT2D eigenvalue weighted by Gasteiger charge is 2.13. The highest BCUT2D eigenvalue weighted by Crippen LogP contribution is 2.26. The fourth-order valence-electron chi connectivity index (χ4n) is 2.57. The van der Waals surface area contributed by atoms with E-state index in [0.717, 1.165) is 16.7 Å². The van der Waals surface area contributed by atoms with Crippen molar-refractivity contribution in [3.63, 3.8) is 0 Å². The molecule has 3 aromatic heterocycles. The lowest BCUT2D eigenvalue weighted by molar-refractivity contribution is 0.479. The van der Waals surface area contributed by atoms with E-state index in [1.54, 1.807) is 25.3 Å². The number of nitrogens with one attached hydrogen (secondary N) is 1. The summed E-state index contributed by atoms with van der Waals surface area (Å²) in [6.45, 7) is 1.58. The average molecular weight is 380 g/mol. The SMILES string of the molecule is CCS(=O)(=O)c1ccc(Oc2ccc3nc(-c4ccccn4)[nH]c3c2)cn1. The Kier molecular flexibility index (Phi) is 4.33. The van der Waals surface area contributed by atoms with Gasteiger partial charge in [0, 0.05) is 12.3 Å². The van der Waals surface area contributed by atoms with Gasteiger partial charge in [-0.2, -0.15) is 0 Å². The quantitative estimate of drug-likeness (QED) is 0.568. The molecular weight excluding hydrogens is 364 g/mol. The summed E-state index contributed by atoms with van der Waals surface area (Å²) in [6.07, 6.45) is 3.12. The topological polar surface area (TPSA) is 97.8 Å². The highest BCUT2D eigenvalue weighted by atomic mass is 32.2. The van der Waals surface area contributed by atoms with Crippen LogP contribution in [-0.2, 0) is 9.84 Å². The molecule has 0 aliphatic heterocycles. The predicted octanol–water partition coefficient (Wildman–Crippen LogP) is 3.61. The molecule has 0 radical (unpaired) electrons. The van der Waals surface area contributed by atoms with Gasteiger partial charge in [0.25, 0.3) is 0 Å². The van der Waals surface area contributed by atoms with E-state index in [-0.39, 0.29) is 10.8 Å². The van der Waals surface area contributed by atoms with E-state index >= 15 is 0 Å².